The molecule has 0 heterocycles. The van der Waals surface area contributed by atoms with Crippen LogP contribution in [0.25, 0.3) is 0 Å². The molecule has 0 aromatic heterocycles. The van der Waals surface area contributed by atoms with E-state index in [-0.39, 0.29) is 11.0 Å². The fourth-order valence-corrected chi connectivity index (χ4v) is 1.81. The standard InChI is InChI=1S/C11H12O2S/c1-9(13)14-8-11(7-12)10-5-3-2-4-6-10/h2-7,11H,8H2,1H3. The highest BCUT2D eigenvalue weighted by Crippen LogP contribution is 2.18. The number of aldehydes is 1. The molecule has 0 bridgehead atoms. The molecule has 0 saturated heterocycles. The molecule has 1 aromatic rings. The predicted octanol–water partition coefficient (Wildman–Crippen LogP) is 2.25. The van der Waals surface area contributed by atoms with Crippen molar-refractivity contribution in [3.63, 3.8) is 0 Å². The topological polar surface area (TPSA) is 34.1 Å². The zero-order valence-electron chi connectivity index (χ0n) is 7.97. The molecule has 1 atom stereocenters. The first kappa shape index (κ1) is 11.0. The molecule has 1 unspecified atom stereocenters. The SMILES string of the molecule is CC(=O)SCC(C=O)c1ccccc1. The van der Waals surface area contributed by atoms with Crippen molar-refractivity contribution in [2.75, 3.05) is 5.75 Å². The van der Waals surface area contributed by atoms with E-state index in [2.05, 4.69) is 0 Å². The monoisotopic (exact) mass is 208 g/mol. The molecule has 0 amide bonds. The molecular formula is C11H12O2S. The van der Waals surface area contributed by atoms with Gasteiger partial charge < -0.3 is 4.79 Å². The van der Waals surface area contributed by atoms with Crippen LogP contribution in [0.4, 0.5) is 0 Å². The van der Waals surface area contributed by atoms with E-state index >= 15 is 0 Å². The van der Waals surface area contributed by atoms with E-state index < -0.39 is 0 Å². The number of hydrogen-bond donors (Lipinski definition) is 0. The predicted molar refractivity (Wildman–Crippen MR) is 58.4 cm³/mol. The number of carbonyl (C=O) groups is 2. The largest absolute Gasteiger partial charge is 0.303 e. The second-order valence-electron chi connectivity index (χ2n) is 2.96. The summed E-state index contributed by atoms with van der Waals surface area (Å²) in [5.41, 5.74) is 0.969. The lowest BCUT2D eigenvalue weighted by atomic mass is 10.0. The minimum atomic E-state index is -0.176. The quantitative estimate of drug-likeness (QED) is 0.712. The van der Waals surface area contributed by atoms with Gasteiger partial charge in [-0.25, -0.2) is 0 Å². The summed E-state index contributed by atoms with van der Waals surface area (Å²) in [6.45, 7) is 1.51. The molecule has 0 aliphatic carbocycles. The Bertz CT molecular complexity index is 308. The first-order valence-corrected chi connectivity index (χ1v) is 5.36. The van der Waals surface area contributed by atoms with Gasteiger partial charge in [0.15, 0.2) is 5.12 Å². The molecule has 0 aliphatic rings. The molecule has 0 radical (unpaired) electrons. The van der Waals surface area contributed by atoms with E-state index in [0.29, 0.717) is 5.75 Å². The van der Waals surface area contributed by atoms with E-state index in [1.807, 2.05) is 30.3 Å². The van der Waals surface area contributed by atoms with Gasteiger partial charge in [0.25, 0.3) is 0 Å². The third kappa shape index (κ3) is 3.34. The van der Waals surface area contributed by atoms with E-state index in [0.717, 1.165) is 11.8 Å². The van der Waals surface area contributed by atoms with Crippen LogP contribution >= 0.6 is 11.8 Å². The van der Waals surface area contributed by atoms with Crippen molar-refractivity contribution >= 4 is 23.2 Å². The van der Waals surface area contributed by atoms with Crippen molar-refractivity contribution in [1.82, 2.24) is 0 Å². The van der Waals surface area contributed by atoms with Crippen LogP contribution in [0.3, 0.4) is 0 Å². The van der Waals surface area contributed by atoms with Gasteiger partial charge in [-0.15, -0.1) is 0 Å². The lowest BCUT2D eigenvalue weighted by Gasteiger charge is -2.08. The van der Waals surface area contributed by atoms with E-state index in [4.69, 9.17) is 0 Å². The van der Waals surface area contributed by atoms with Crippen molar-refractivity contribution in [2.45, 2.75) is 12.8 Å². The summed E-state index contributed by atoms with van der Waals surface area (Å²) in [5, 5.41) is 0.0489. The van der Waals surface area contributed by atoms with Gasteiger partial charge in [0.05, 0.1) is 0 Å². The Kier molecular flexibility index (Phi) is 4.40. The van der Waals surface area contributed by atoms with Crippen LogP contribution in [0.15, 0.2) is 30.3 Å². The average Bonchev–Trinajstić information content (AvgIpc) is 2.20. The maximum absolute atomic E-state index is 10.8. The molecule has 2 nitrogen and oxygen atoms in total. The van der Waals surface area contributed by atoms with Crippen LogP contribution in [0.5, 0.6) is 0 Å². The molecule has 0 aliphatic heterocycles. The molecule has 0 N–H and O–H groups in total. The van der Waals surface area contributed by atoms with Gasteiger partial charge in [0.1, 0.15) is 6.29 Å². The molecule has 3 heteroatoms. The van der Waals surface area contributed by atoms with Crippen LogP contribution < -0.4 is 0 Å². The first-order valence-electron chi connectivity index (χ1n) is 4.37. The molecule has 1 aromatic carbocycles. The molecule has 14 heavy (non-hydrogen) atoms. The molecule has 0 spiro atoms. The lowest BCUT2D eigenvalue weighted by molar-refractivity contribution is -0.109. The fourth-order valence-electron chi connectivity index (χ4n) is 1.12. The van der Waals surface area contributed by atoms with Gasteiger partial charge in [-0.05, 0) is 5.56 Å². The molecule has 0 saturated carbocycles. The summed E-state index contributed by atoms with van der Waals surface area (Å²) >= 11 is 1.19. The van der Waals surface area contributed by atoms with E-state index in [1.54, 1.807) is 0 Å². The summed E-state index contributed by atoms with van der Waals surface area (Å²) in [6, 6.07) is 9.50. The smallest absolute Gasteiger partial charge is 0.185 e. The maximum atomic E-state index is 10.8. The van der Waals surface area contributed by atoms with Gasteiger partial charge in [0.2, 0.25) is 0 Å². The summed E-state index contributed by atoms with van der Waals surface area (Å²) in [7, 11) is 0. The Balaban J connectivity index is 2.63. The average molecular weight is 208 g/mol. The van der Waals surface area contributed by atoms with Crippen molar-refractivity contribution in [1.29, 1.82) is 0 Å². The van der Waals surface area contributed by atoms with Crippen LogP contribution in [0.1, 0.15) is 18.4 Å². The van der Waals surface area contributed by atoms with Crippen molar-refractivity contribution in [3.05, 3.63) is 35.9 Å². The zero-order valence-corrected chi connectivity index (χ0v) is 8.79. The Hall–Kier alpha value is -1.09. The Morgan fingerprint density at radius 1 is 1.43 bits per heavy atom. The van der Waals surface area contributed by atoms with Crippen LogP contribution in [0.2, 0.25) is 0 Å². The number of benzene rings is 1. The normalized spacial score (nSPS) is 12.1. The fraction of sp³-hybridized carbons (Fsp3) is 0.273. The van der Waals surface area contributed by atoms with Crippen LogP contribution in [-0.4, -0.2) is 17.2 Å². The number of hydrogen-bond acceptors (Lipinski definition) is 3. The van der Waals surface area contributed by atoms with Gasteiger partial charge in [-0.2, -0.15) is 0 Å². The Labute approximate surface area is 87.7 Å². The Morgan fingerprint density at radius 3 is 2.57 bits per heavy atom. The third-order valence-electron chi connectivity index (χ3n) is 1.86. The Morgan fingerprint density at radius 2 is 2.07 bits per heavy atom. The second kappa shape index (κ2) is 5.60. The van der Waals surface area contributed by atoms with Crippen LogP contribution in [-0.2, 0) is 9.59 Å². The summed E-state index contributed by atoms with van der Waals surface area (Å²) in [5.74, 6) is 0.355. The number of rotatable bonds is 4. The first-order chi connectivity index (χ1) is 6.74. The molecule has 74 valence electrons. The number of thioether (sulfide) groups is 1. The van der Waals surface area contributed by atoms with Gasteiger partial charge >= 0.3 is 0 Å². The highest BCUT2D eigenvalue weighted by molar-refractivity contribution is 8.13. The lowest BCUT2D eigenvalue weighted by Crippen LogP contribution is -2.04. The van der Waals surface area contributed by atoms with E-state index in [1.165, 1.54) is 18.7 Å². The highest BCUT2D eigenvalue weighted by atomic mass is 32.2. The molecule has 0 fully saturated rings. The third-order valence-corrected chi connectivity index (χ3v) is 2.79. The van der Waals surface area contributed by atoms with E-state index in [9.17, 15) is 9.59 Å². The van der Waals surface area contributed by atoms with Gasteiger partial charge in [0, 0.05) is 18.6 Å². The maximum Gasteiger partial charge on any atom is 0.185 e. The summed E-state index contributed by atoms with van der Waals surface area (Å²) in [4.78, 5) is 21.5. The van der Waals surface area contributed by atoms with Gasteiger partial charge in [-0.3, -0.25) is 4.79 Å². The molecule has 1 rings (SSSR count). The van der Waals surface area contributed by atoms with Crippen molar-refractivity contribution in [3.8, 4) is 0 Å². The van der Waals surface area contributed by atoms with Crippen molar-refractivity contribution in [2.24, 2.45) is 0 Å². The van der Waals surface area contributed by atoms with Crippen molar-refractivity contribution < 1.29 is 9.59 Å². The number of carbonyl (C=O) groups excluding carboxylic acids is 2. The van der Waals surface area contributed by atoms with Crippen LogP contribution in [0, 0.1) is 0 Å². The minimum Gasteiger partial charge on any atom is -0.303 e. The second-order valence-corrected chi connectivity index (χ2v) is 4.15. The minimum absolute atomic E-state index is 0.0489. The zero-order chi connectivity index (χ0) is 10.4. The van der Waals surface area contributed by atoms with Gasteiger partial charge in [-0.1, -0.05) is 42.1 Å². The molecular weight excluding hydrogens is 196 g/mol. The highest BCUT2D eigenvalue weighted by Gasteiger charge is 2.10. The summed E-state index contributed by atoms with van der Waals surface area (Å²) < 4.78 is 0. The summed E-state index contributed by atoms with van der Waals surface area (Å²) in [6.07, 6.45) is 0.894.